The zero-order valence-electron chi connectivity index (χ0n) is 15.5. The Morgan fingerprint density at radius 2 is 2.07 bits per heavy atom. The molecule has 2 heterocycles. The minimum Gasteiger partial charge on any atom is -0.472 e. The average molecular weight is 404 g/mol. The molecule has 29 heavy (non-hydrogen) atoms. The van der Waals surface area contributed by atoms with Crippen molar-refractivity contribution in [3.8, 4) is 28.8 Å². The van der Waals surface area contributed by atoms with Crippen LogP contribution < -0.4 is 4.74 Å². The lowest BCUT2D eigenvalue weighted by molar-refractivity contribution is 0.0600. The van der Waals surface area contributed by atoms with Crippen molar-refractivity contribution in [2.75, 3.05) is 7.11 Å². The van der Waals surface area contributed by atoms with Crippen molar-refractivity contribution >= 4 is 23.5 Å². The van der Waals surface area contributed by atoms with Crippen LogP contribution in [0.2, 0.25) is 0 Å². The number of nitrogens with zero attached hydrogens (tertiary/aromatic N) is 2. The zero-order valence-corrected chi connectivity index (χ0v) is 16.3. The van der Waals surface area contributed by atoms with Crippen molar-refractivity contribution in [3.05, 3.63) is 84.5 Å². The Morgan fingerprint density at radius 3 is 2.66 bits per heavy atom. The Hall–Kier alpha value is -3.76. The van der Waals surface area contributed by atoms with Crippen molar-refractivity contribution in [2.24, 2.45) is 0 Å². The number of nitriles is 1. The minimum absolute atomic E-state index is 0.107. The smallest absolute Gasteiger partial charge is 0.337 e. The molecule has 0 fully saturated rings. The second-order valence-corrected chi connectivity index (χ2v) is 6.25. The number of benzene rings is 1. The summed E-state index contributed by atoms with van der Waals surface area (Å²) in [4.78, 5) is 16.6. The standard InChI is InChI=1S/C22H16N2O4S/c1-3-4-20(29)19-11-17(15-9-10-27-13-15)18(12-23)21(24-19)28-16-7-5-14(6-8-16)22(25)26-2/h3-11,13,29H,1H2,2H3/b20-4-. The second-order valence-electron chi connectivity index (χ2n) is 5.76. The third-order valence-corrected chi connectivity index (χ3v) is 4.34. The highest BCUT2D eigenvalue weighted by Crippen LogP contribution is 2.35. The predicted molar refractivity (Wildman–Crippen MR) is 112 cm³/mol. The molecule has 0 amide bonds. The van der Waals surface area contributed by atoms with Crippen molar-refractivity contribution in [3.63, 3.8) is 0 Å². The zero-order chi connectivity index (χ0) is 20.8. The Bertz CT molecular complexity index is 1110. The maximum Gasteiger partial charge on any atom is 0.337 e. The first-order valence-corrected chi connectivity index (χ1v) is 8.88. The van der Waals surface area contributed by atoms with Gasteiger partial charge in [-0.2, -0.15) is 5.26 Å². The third-order valence-electron chi connectivity index (χ3n) is 3.96. The lowest BCUT2D eigenvalue weighted by Gasteiger charge is -2.12. The monoisotopic (exact) mass is 404 g/mol. The molecule has 0 bridgehead atoms. The summed E-state index contributed by atoms with van der Waals surface area (Å²) in [6, 6.07) is 11.9. The number of methoxy groups -OCH3 is 1. The van der Waals surface area contributed by atoms with E-state index in [4.69, 9.17) is 9.15 Å². The topological polar surface area (TPSA) is 85.3 Å². The summed E-state index contributed by atoms with van der Waals surface area (Å²) < 4.78 is 15.7. The molecule has 0 radical (unpaired) electrons. The van der Waals surface area contributed by atoms with Gasteiger partial charge in [-0.05, 0) is 42.5 Å². The first kappa shape index (κ1) is 20.0. The molecular formula is C22H16N2O4S. The molecule has 2 aromatic heterocycles. The van der Waals surface area contributed by atoms with Gasteiger partial charge in [0.1, 0.15) is 17.4 Å². The molecule has 0 aliphatic rings. The maximum atomic E-state index is 11.6. The number of rotatable bonds is 6. The van der Waals surface area contributed by atoms with Gasteiger partial charge in [-0.25, -0.2) is 9.78 Å². The molecule has 1 aromatic carbocycles. The molecule has 0 saturated heterocycles. The number of esters is 1. The Kier molecular flexibility index (Phi) is 6.17. The highest BCUT2D eigenvalue weighted by atomic mass is 32.1. The van der Waals surface area contributed by atoms with Crippen LogP contribution in [0.15, 0.2) is 72.1 Å². The number of aromatic nitrogens is 1. The van der Waals surface area contributed by atoms with Crippen LogP contribution in [0.3, 0.4) is 0 Å². The lowest BCUT2D eigenvalue weighted by Crippen LogP contribution is -2.01. The van der Waals surface area contributed by atoms with E-state index in [1.54, 1.807) is 48.6 Å². The van der Waals surface area contributed by atoms with Crippen LogP contribution in [0.5, 0.6) is 11.6 Å². The van der Waals surface area contributed by atoms with E-state index in [1.807, 2.05) is 0 Å². The molecule has 3 rings (SSSR count). The van der Waals surface area contributed by atoms with E-state index >= 15 is 0 Å². The quantitative estimate of drug-likeness (QED) is 0.343. The largest absolute Gasteiger partial charge is 0.472 e. The van der Waals surface area contributed by atoms with Crippen LogP contribution in [0, 0.1) is 11.3 Å². The molecule has 3 aromatic rings. The number of carbonyl (C=O) groups excluding carboxylic acids is 1. The number of allylic oxidation sites excluding steroid dienone is 2. The van der Waals surface area contributed by atoms with E-state index in [0.717, 1.165) is 0 Å². The lowest BCUT2D eigenvalue weighted by atomic mass is 10.0. The van der Waals surface area contributed by atoms with Gasteiger partial charge in [-0.1, -0.05) is 12.7 Å². The highest BCUT2D eigenvalue weighted by Gasteiger charge is 2.18. The Labute approximate surface area is 173 Å². The van der Waals surface area contributed by atoms with Gasteiger partial charge >= 0.3 is 5.97 Å². The number of hydrogen-bond acceptors (Lipinski definition) is 7. The number of pyridine rings is 1. The van der Waals surface area contributed by atoms with Gasteiger partial charge in [0.25, 0.3) is 0 Å². The number of hydrogen-bond donors (Lipinski definition) is 1. The Balaban J connectivity index is 2.09. The number of ether oxygens (including phenoxy) is 2. The molecule has 144 valence electrons. The molecular weight excluding hydrogens is 388 g/mol. The molecule has 0 spiro atoms. The van der Waals surface area contributed by atoms with Gasteiger partial charge in [0, 0.05) is 16.0 Å². The fourth-order valence-electron chi connectivity index (χ4n) is 2.57. The molecule has 0 saturated carbocycles. The van der Waals surface area contributed by atoms with Crippen LogP contribution in [-0.4, -0.2) is 18.1 Å². The maximum absolute atomic E-state index is 11.6. The molecule has 0 unspecified atom stereocenters. The fourth-order valence-corrected chi connectivity index (χ4v) is 2.79. The summed E-state index contributed by atoms with van der Waals surface area (Å²) in [5, 5.41) is 9.75. The summed E-state index contributed by atoms with van der Waals surface area (Å²) in [6.07, 6.45) is 6.32. The number of carbonyl (C=O) groups is 1. The van der Waals surface area contributed by atoms with Crippen molar-refractivity contribution in [1.82, 2.24) is 4.98 Å². The first-order chi connectivity index (χ1) is 14.1. The van der Waals surface area contributed by atoms with Crippen LogP contribution in [0.1, 0.15) is 21.6 Å². The van der Waals surface area contributed by atoms with Crippen LogP contribution in [0.4, 0.5) is 0 Å². The van der Waals surface area contributed by atoms with Crippen LogP contribution in [0.25, 0.3) is 16.0 Å². The van der Waals surface area contributed by atoms with E-state index in [2.05, 4.69) is 35.0 Å². The van der Waals surface area contributed by atoms with E-state index in [1.165, 1.54) is 19.6 Å². The average Bonchev–Trinajstić information content (AvgIpc) is 3.28. The summed E-state index contributed by atoms with van der Waals surface area (Å²) >= 11 is 4.44. The third kappa shape index (κ3) is 4.39. The number of furan rings is 1. The molecule has 0 atom stereocenters. The summed E-state index contributed by atoms with van der Waals surface area (Å²) in [5.41, 5.74) is 2.43. The van der Waals surface area contributed by atoms with E-state index < -0.39 is 5.97 Å². The normalized spacial score (nSPS) is 10.9. The highest BCUT2D eigenvalue weighted by molar-refractivity contribution is 7.90. The summed E-state index contributed by atoms with van der Waals surface area (Å²) in [6.45, 7) is 3.66. The predicted octanol–water partition coefficient (Wildman–Crippen LogP) is 5.25. The SMILES string of the molecule is C=C/C=C(\S)c1cc(-c2ccoc2)c(C#N)c(Oc2ccc(C(=O)OC)cc2)n1. The minimum atomic E-state index is -0.453. The summed E-state index contributed by atoms with van der Waals surface area (Å²) in [5.74, 6) is 0.0623. The second kappa shape index (κ2) is 8.95. The number of thiol groups is 1. The van der Waals surface area contributed by atoms with Crippen molar-refractivity contribution in [2.45, 2.75) is 0 Å². The fraction of sp³-hybridized carbons (Fsp3) is 0.0455. The van der Waals surface area contributed by atoms with Gasteiger partial charge < -0.3 is 13.9 Å². The van der Waals surface area contributed by atoms with Crippen LogP contribution >= 0.6 is 12.6 Å². The van der Waals surface area contributed by atoms with E-state index in [0.29, 0.717) is 33.0 Å². The van der Waals surface area contributed by atoms with Gasteiger partial charge in [0.05, 0.1) is 30.9 Å². The van der Waals surface area contributed by atoms with E-state index in [-0.39, 0.29) is 11.4 Å². The van der Waals surface area contributed by atoms with Gasteiger partial charge in [-0.15, -0.1) is 12.6 Å². The van der Waals surface area contributed by atoms with Crippen LogP contribution in [-0.2, 0) is 4.74 Å². The molecule has 7 heteroatoms. The van der Waals surface area contributed by atoms with Gasteiger partial charge in [0.2, 0.25) is 5.88 Å². The molecule has 0 aliphatic carbocycles. The van der Waals surface area contributed by atoms with E-state index in [9.17, 15) is 10.1 Å². The Morgan fingerprint density at radius 1 is 1.31 bits per heavy atom. The summed E-state index contributed by atoms with van der Waals surface area (Å²) in [7, 11) is 1.31. The molecule has 0 N–H and O–H groups in total. The van der Waals surface area contributed by atoms with Gasteiger partial charge in [0.15, 0.2) is 0 Å². The molecule has 6 nitrogen and oxygen atoms in total. The van der Waals surface area contributed by atoms with Gasteiger partial charge in [-0.3, -0.25) is 0 Å². The first-order valence-electron chi connectivity index (χ1n) is 8.43. The van der Waals surface area contributed by atoms with Crippen molar-refractivity contribution < 1.29 is 18.7 Å². The van der Waals surface area contributed by atoms with Crippen molar-refractivity contribution in [1.29, 1.82) is 5.26 Å². The molecule has 0 aliphatic heterocycles.